The quantitative estimate of drug-likeness (QED) is 0.395. The van der Waals surface area contributed by atoms with Crippen molar-refractivity contribution >= 4 is 46.2 Å². The van der Waals surface area contributed by atoms with Gasteiger partial charge in [-0.25, -0.2) is 4.98 Å². The van der Waals surface area contributed by atoms with E-state index in [1.165, 1.54) is 11.1 Å². The number of aryl methyl sites for hydroxylation is 1. The van der Waals surface area contributed by atoms with Crippen molar-refractivity contribution in [3.63, 3.8) is 0 Å². The Hall–Kier alpha value is -2.77. The van der Waals surface area contributed by atoms with Crippen LogP contribution in [0.15, 0.2) is 77.0 Å². The number of carbonyl (C=O) groups excluding carboxylic acids is 1. The highest BCUT2D eigenvalue weighted by atomic mass is 32.2. The zero-order valence-electron chi connectivity index (χ0n) is 16.8. The van der Waals surface area contributed by atoms with E-state index in [0.717, 1.165) is 32.5 Å². The molecule has 0 saturated carbocycles. The molecule has 0 aliphatic rings. The standard InChI is InChI=1S/C23H22N4OS2/c1-16-6-8-17(9-7-16)15-30-23-26-20-10-11-24-13-21(20)27(23)14-22(28)25-18-4-3-5-19(12-18)29-2/h3-13H,14-15H2,1-2H3,(H,25,28). The van der Waals surface area contributed by atoms with E-state index in [2.05, 4.69) is 41.5 Å². The summed E-state index contributed by atoms with van der Waals surface area (Å²) in [6.45, 7) is 2.26. The summed E-state index contributed by atoms with van der Waals surface area (Å²) in [4.78, 5) is 22.9. The van der Waals surface area contributed by atoms with E-state index in [-0.39, 0.29) is 12.5 Å². The maximum atomic E-state index is 12.8. The first-order chi connectivity index (χ1) is 14.6. The second-order valence-corrected chi connectivity index (χ2v) is 8.72. The Morgan fingerprint density at radius 2 is 1.97 bits per heavy atom. The minimum absolute atomic E-state index is 0.0893. The fraction of sp³-hybridized carbons (Fsp3) is 0.174. The van der Waals surface area contributed by atoms with Gasteiger partial charge in [-0.3, -0.25) is 9.78 Å². The Balaban J connectivity index is 1.54. The molecule has 0 unspecified atom stereocenters. The lowest BCUT2D eigenvalue weighted by Crippen LogP contribution is -2.19. The highest BCUT2D eigenvalue weighted by molar-refractivity contribution is 7.98. The number of imidazole rings is 1. The first-order valence-corrected chi connectivity index (χ1v) is 11.8. The van der Waals surface area contributed by atoms with E-state index in [4.69, 9.17) is 4.98 Å². The Labute approximate surface area is 184 Å². The van der Waals surface area contributed by atoms with Crippen molar-refractivity contribution in [2.75, 3.05) is 11.6 Å². The van der Waals surface area contributed by atoms with Crippen LogP contribution in [0.2, 0.25) is 0 Å². The van der Waals surface area contributed by atoms with Crippen molar-refractivity contribution < 1.29 is 4.79 Å². The van der Waals surface area contributed by atoms with E-state index in [9.17, 15) is 4.79 Å². The van der Waals surface area contributed by atoms with Crippen LogP contribution in [0.25, 0.3) is 11.0 Å². The number of nitrogens with zero attached hydrogens (tertiary/aromatic N) is 3. The van der Waals surface area contributed by atoms with E-state index >= 15 is 0 Å². The van der Waals surface area contributed by atoms with Gasteiger partial charge in [0.25, 0.3) is 0 Å². The van der Waals surface area contributed by atoms with E-state index in [1.807, 2.05) is 41.2 Å². The van der Waals surface area contributed by atoms with Crippen LogP contribution in [0.4, 0.5) is 5.69 Å². The number of carbonyl (C=O) groups is 1. The smallest absolute Gasteiger partial charge is 0.244 e. The fourth-order valence-corrected chi connectivity index (χ4v) is 4.52. The molecule has 2 aromatic carbocycles. The first-order valence-electron chi connectivity index (χ1n) is 9.55. The third-order valence-electron chi connectivity index (χ3n) is 4.66. The van der Waals surface area contributed by atoms with Crippen LogP contribution in [0, 0.1) is 6.92 Å². The van der Waals surface area contributed by atoms with Crippen molar-refractivity contribution in [1.82, 2.24) is 14.5 Å². The molecular formula is C23H22N4OS2. The topological polar surface area (TPSA) is 59.8 Å². The number of rotatable bonds is 7. The number of nitrogens with one attached hydrogen (secondary N) is 1. The Morgan fingerprint density at radius 3 is 2.77 bits per heavy atom. The van der Waals surface area contributed by atoms with Gasteiger partial charge in [0.1, 0.15) is 6.54 Å². The minimum atomic E-state index is -0.0893. The highest BCUT2D eigenvalue weighted by Gasteiger charge is 2.15. The number of anilines is 1. The second-order valence-electron chi connectivity index (χ2n) is 6.90. The van der Waals surface area contributed by atoms with Crippen molar-refractivity contribution in [3.8, 4) is 0 Å². The number of fused-ring (bicyclic) bond motifs is 1. The van der Waals surface area contributed by atoms with Gasteiger partial charge in [-0.2, -0.15) is 0 Å². The molecule has 2 heterocycles. The monoisotopic (exact) mass is 434 g/mol. The van der Waals surface area contributed by atoms with Crippen molar-refractivity contribution in [1.29, 1.82) is 0 Å². The van der Waals surface area contributed by atoms with Gasteiger partial charge in [-0.05, 0) is 43.0 Å². The van der Waals surface area contributed by atoms with Gasteiger partial charge in [-0.1, -0.05) is 47.7 Å². The molecule has 7 heteroatoms. The molecule has 4 aromatic rings. The molecule has 4 rings (SSSR count). The van der Waals surface area contributed by atoms with Crippen LogP contribution in [0.5, 0.6) is 0 Å². The van der Waals surface area contributed by atoms with Gasteiger partial charge in [0, 0.05) is 22.5 Å². The summed E-state index contributed by atoms with van der Waals surface area (Å²) >= 11 is 3.27. The van der Waals surface area contributed by atoms with Gasteiger partial charge in [0.15, 0.2) is 5.16 Å². The van der Waals surface area contributed by atoms with E-state index < -0.39 is 0 Å². The lowest BCUT2D eigenvalue weighted by molar-refractivity contribution is -0.116. The molecule has 0 aliphatic carbocycles. The molecule has 30 heavy (non-hydrogen) atoms. The third kappa shape index (κ3) is 4.86. The Bertz CT molecular complexity index is 1170. The summed E-state index contributed by atoms with van der Waals surface area (Å²) in [6, 6.07) is 18.2. The van der Waals surface area contributed by atoms with Crippen LogP contribution in [0.1, 0.15) is 11.1 Å². The molecule has 0 atom stereocenters. The summed E-state index contributed by atoms with van der Waals surface area (Å²) in [5.41, 5.74) is 4.96. The van der Waals surface area contributed by atoms with E-state index in [0.29, 0.717) is 0 Å². The zero-order valence-corrected chi connectivity index (χ0v) is 18.5. The summed E-state index contributed by atoms with van der Waals surface area (Å²) in [7, 11) is 0. The third-order valence-corrected chi connectivity index (χ3v) is 6.43. The number of benzene rings is 2. The number of hydrogen-bond acceptors (Lipinski definition) is 5. The molecule has 0 spiro atoms. The number of amides is 1. The second kappa shape index (κ2) is 9.36. The van der Waals surface area contributed by atoms with Crippen molar-refractivity contribution in [3.05, 3.63) is 78.1 Å². The number of thioether (sulfide) groups is 2. The summed E-state index contributed by atoms with van der Waals surface area (Å²) < 4.78 is 1.94. The van der Waals surface area contributed by atoms with Gasteiger partial charge >= 0.3 is 0 Å². The van der Waals surface area contributed by atoms with Crippen LogP contribution in [0.3, 0.4) is 0 Å². The highest BCUT2D eigenvalue weighted by Crippen LogP contribution is 2.27. The van der Waals surface area contributed by atoms with Gasteiger partial charge in [-0.15, -0.1) is 11.8 Å². The number of aromatic nitrogens is 3. The minimum Gasteiger partial charge on any atom is -0.324 e. The molecule has 0 radical (unpaired) electrons. The summed E-state index contributed by atoms with van der Waals surface area (Å²) in [5, 5.41) is 3.81. The zero-order chi connectivity index (χ0) is 20.9. The fourth-order valence-electron chi connectivity index (χ4n) is 3.09. The Morgan fingerprint density at radius 1 is 1.13 bits per heavy atom. The van der Waals surface area contributed by atoms with Crippen molar-refractivity contribution in [2.24, 2.45) is 0 Å². The lowest BCUT2D eigenvalue weighted by Gasteiger charge is -2.10. The average molecular weight is 435 g/mol. The molecular weight excluding hydrogens is 412 g/mol. The SMILES string of the molecule is CSc1cccc(NC(=O)Cn2c(SCc3ccc(C)cc3)nc3ccncc32)c1. The summed E-state index contributed by atoms with van der Waals surface area (Å²) in [6.07, 6.45) is 5.51. The molecule has 152 valence electrons. The van der Waals surface area contributed by atoms with Gasteiger partial charge in [0.05, 0.1) is 17.2 Å². The van der Waals surface area contributed by atoms with Crippen LogP contribution < -0.4 is 5.32 Å². The molecule has 2 aromatic heterocycles. The molecule has 1 amide bonds. The number of hydrogen-bond donors (Lipinski definition) is 1. The molecule has 0 bridgehead atoms. The normalized spacial score (nSPS) is 11.0. The van der Waals surface area contributed by atoms with Crippen LogP contribution in [-0.2, 0) is 17.1 Å². The average Bonchev–Trinajstić information content (AvgIpc) is 3.11. The van der Waals surface area contributed by atoms with E-state index in [1.54, 1.807) is 35.9 Å². The molecule has 0 saturated heterocycles. The van der Waals surface area contributed by atoms with Crippen LogP contribution >= 0.6 is 23.5 Å². The molecule has 0 fully saturated rings. The first kappa shape index (κ1) is 20.5. The van der Waals surface area contributed by atoms with Crippen LogP contribution in [-0.4, -0.2) is 26.7 Å². The molecule has 0 aliphatic heterocycles. The maximum absolute atomic E-state index is 12.8. The van der Waals surface area contributed by atoms with Crippen molar-refractivity contribution in [2.45, 2.75) is 29.3 Å². The predicted octanol–water partition coefficient (Wildman–Crippen LogP) is 5.39. The number of pyridine rings is 1. The van der Waals surface area contributed by atoms with Gasteiger partial charge < -0.3 is 9.88 Å². The lowest BCUT2D eigenvalue weighted by atomic mass is 10.2. The molecule has 1 N–H and O–H groups in total. The Kier molecular flexibility index (Phi) is 6.40. The largest absolute Gasteiger partial charge is 0.324 e. The summed E-state index contributed by atoms with van der Waals surface area (Å²) in [5.74, 6) is 0.697. The predicted molar refractivity (Wildman–Crippen MR) is 125 cm³/mol. The molecule has 5 nitrogen and oxygen atoms in total. The van der Waals surface area contributed by atoms with Gasteiger partial charge in [0.2, 0.25) is 5.91 Å². The maximum Gasteiger partial charge on any atom is 0.244 e.